The summed E-state index contributed by atoms with van der Waals surface area (Å²) in [5.74, 6) is 2.54. The van der Waals surface area contributed by atoms with E-state index >= 15 is 0 Å². The zero-order chi connectivity index (χ0) is 21.0. The van der Waals surface area contributed by atoms with E-state index < -0.39 is 14.6 Å². The van der Waals surface area contributed by atoms with E-state index in [4.69, 9.17) is 11.2 Å². The third-order valence-electron chi connectivity index (χ3n) is 4.90. The van der Waals surface area contributed by atoms with Crippen LogP contribution in [0.15, 0.2) is 17.0 Å². The second-order valence-corrected chi connectivity index (χ2v) is 10.2. The quantitative estimate of drug-likeness (QED) is 0.175. The fourth-order valence-electron chi connectivity index (χ4n) is 3.52. The van der Waals surface area contributed by atoms with Gasteiger partial charge in [0.15, 0.2) is 0 Å². The number of terminal acetylenes is 1. The predicted octanol–water partition coefficient (Wildman–Crippen LogP) is 1.80. The number of alkyl halides is 2. The van der Waals surface area contributed by atoms with Gasteiger partial charge in [-0.1, -0.05) is 37.8 Å². The van der Waals surface area contributed by atoms with Crippen LogP contribution in [0.2, 0.25) is 0 Å². The number of morpholine rings is 1. The maximum atomic E-state index is 14.2. The lowest BCUT2D eigenvalue weighted by Gasteiger charge is -2.27. The minimum absolute atomic E-state index is 0.158. The number of nitro benzene ring substituents is 1. The number of rotatable bonds is 8. The van der Waals surface area contributed by atoms with Crippen molar-refractivity contribution >= 4 is 57.9 Å². The second kappa shape index (κ2) is 9.76. The third kappa shape index (κ3) is 4.47. The summed E-state index contributed by atoms with van der Waals surface area (Å²) in [6.45, 7) is 4.77. The van der Waals surface area contributed by atoms with Gasteiger partial charge in [-0.05, 0) is 0 Å². The molecule has 2 aliphatic rings. The van der Waals surface area contributed by atoms with Crippen molar-refractivity contribution in [2.45, 2.75) is 4.90 Å². The average molecular weight is 550 g/mol. The molecule has 11 heteroatoms. The molecule has 1 fully saturated rings. The highest BCUT2D eigenvalue weighted by atomic mass is 79.9. The van der Waals surface area contributed by atoms with Crippen LogP contribution in [-0.2, 0) is 14.4 Å². The Bertz CT molecular complexity index is 950. The Labute approximate surface area is 187 Å². The van der Waals surface area contributed by atoms with E-state index in [1.165, 1.54) is 12.1 Å². The molecule has 0 radical (unpaired) electrons. The first-order valence-corrected chi connectivity index (χ1v) is 12.9. The molecule has 0 spiro atoms. The van der Waals surface area contributed by atoms with Crippen LogP contribution in [0.4, 0.5) is 11.4 Å². The molecule has 3 rings (SSSR count). The second-order valence-electron chi connectivity index (χ2n) is 6.51. The van der Waals surface area contributed by atoms with E-state index in [1.807, 2.05) is 4.90 Å². The van der Waals surface area contributed by atoms with Gasteiger partial charge >= 0.3 is 0 Å². The molecule has 1 N–H and O–H groups in total. The molecule has 8 nitrogen and oxygen atoms in total. The molecule has 2 heterocycles. The maximum absolute atomic E-state index is 14.2. The number of ether oxygens (including phenoxy) is 1. The number of hydrogen-bond donors (Lipinski definition) is 1. The molecule has 1 unspecified atom stereocenters. The third-order valence-corrected chi connectivity index (χ3v) is 8.72. The summed E-state index contributed by atoms with van der Waals surface area (Å²) in [4.78, 5) is 16.1. The van der Waals surface area contributed by atoms with Crippen molar-refractivity contribution in [2.75, 3.05) is 61.5 Å². The normalized spacial score (nSPS) is 21.8. The Kier molecular flexibility index (Phi) is 7.58. The van der Waals surface area contributed by atoms with Crippen molar-refractivity contribution < 1.29 is 13.9 Å². The van der Waals surface area contributed by atoms with Crippen LogP contribution in [-0.4, -0.2) is 75.6 Å². The number of nitrogens with zero attached hydrogens (tertiary/aromatic N) is 3. The van der Waals surface area contributed by atoms with Gasteiger partial charge in [-0.25, -0.2) is 8.93 Å². The van der Waals surface area contributed by atoms with Crippen molar-refractivity contribution in [3.05, 3.63) is 27.8 Å². The van der Waals surface area contributed by atoms with Gasteiger partial charge in [0.1, 0.15) is 4.99 Å². The highest BCUT2D eigenvalue weighted by molar-refractivity contribution is 9.09. The number of nitro groups is 1. The molecular formula is C18H22Br2N4O4S. The Morgan fingerprint density at radius 2 is 2.03 bits per heavy atom. The fourth-order valence-corrected chi connectivity index (χ4v) is 7.52. The summed E-state index contributed by atoms with van der Waals surface area (Å²) in [7, 11) is -2.90. The number of benzene rings is 1. The zero-order valence-electron chi connectivity index (χ0n) is 15.7. The number of anilines is 1. The lowest BCUT2D eigenvalue weighted by molar-refractivity contribution is -0.385. The molecule has 158 valence electrons. The number of non-ortho nitro benzene ring substituents is 1. The number of fused-ring (bicyclic) bond motifs is 1. The Balaban J connectivity index is 2.02. The Hall–Kier alpha value is -1.16. The Morgan fingerprint density at radius 1 is 1.31 bits per heavy atom. The molecule has 0 aliphatic carbocycles. The van der Waals surface area contributed by atoms with Crippen LogP contribution in [0.5, 0.6) is 0 Å². The molecule has 1 aromatic carbocycles. The van der Waals surface area contributed by atoms with Gasteiger partial charge < -0.3 is 9.64 Å². The van der Waals surface area contributed by atoms with Crippen LogP contribution in [0.1, 0.15) is 5.56 Å². The molecule has 1 aromatic rings. The van der Waals surface area contributed by atoms with Crippen LogP contribution in [0, 0.1) is 22.5 Å². The van der Waals surface area contributed by atoms with Gasteiger partial charge in [0.2, 0.25) is 0 Å². The lowest BCUT2D eigenvalue weighted by Crippen LogP contribution is -2.43. The summed E-state index contributed by atoms with van der Waals surface area (Å²) in [5.41, 5.74) is 0.818. The van der Waals surface area contributed by atoms with Crippen molar-refractivity contribution in [2.24, 2.45) is 0 Å². The van der Waals surface area contributed by atoms with Crippen LogP contribution in [0.3, 0.4) is 0 Å². The fraction of sp³-hybridized carbons (Fsp3) is 0.500. The SMILES string of the molecule is C#Cc1cc([N+](=O)[O-])cc2c1N(CCBr)C(CBr)=S2(=O)NCCN1CCOCC1. The van der Waals surface area contributed by atoms with E-state index in [-0.39, 0.29) is 5.69 Å². The first kappa shape index (κ1) is 22.5. The molecule has 0 bridgehead atoms. The monoisotopic (exact) mass is 548 g/mol. The maximum Gasteiger partial charge on any atom is 0.272 e. The predicted molar refractivity (Wildman–Crippen MR) is 123 cm³/mol. The summed E-state index contributed by atoms with van der Waals surface area (Å²) in [6.07, 6.45) is 5.66. The minimum atomic E-state index is -2.90. The molecule has 0 saturated carbocycles. The minimum Gasteiger partial charge on any atom is -0.379 e. The van der Waals surface area contributed by atoms with E-state index in [0.29, 0.717) is 64.6 Å². The van der Waals surface area contributed by atoms with Crippen LogP contribution in [0.25, 0.3) is 0 Å². The van der Waals surface area contributed by atoms with E-state index in [1.54, 1.807) is 0 Å². The Morgan fingerprint density at radius 3 is 2.62 bits per heavy atom. The van der Waals surface area contributed by atoms with E-state index in [2.05, 4.69) is 47.4 Å². The van der Waals surface area contributed by atoms with E-state index in [0.717, 1.165) is 13.1 Å². The number of nitrogens with one attached hydrogen (secondary N) is 1. The lowest BCUT2D eigenvalue weighted by atomic mass is 10.1. The molecule has 0 amide bonds. The highest BCUT2D eigenvalue weighted by Crippen LogP contribution is 2.39. The molecule has 2 aliphatic heterocycles. The van der Waals surface area contributed by atoms with Crippen molar-refractivity contribution in [1.29, 1.82) is 0 Å². The molecule has 0 aromatic heterocycles. The molecular weight excluding hydrogens is 528 g/mol. The van der Waals surface area contributed by atoms with Gasteiger partial charge in [0.25, 0.3) is 5.69 Å². The smallest absolute Gasteiger partial charge is 0.272 e. The van der Waals surface area contributed by atoms with Gasteiger partial charge in [0, 0.05) is 50.2 Å². The number of hydrogen-bond acceptors (Lipinski definition) is 6. The topological polar surface area (TPSA) is 88.0 Å². The molecule has 1 saturated heterocycles. The highest BCUT2D eigenvalue weighted by Gasteiger charge is 2.37. The van der Waals surface area contributed by atoms with Crippen LogP contribution >= 0.6 is 31.9 Å². The molecule has 1 atom stereocenters. The van der Waals surface area contributed by atoms with Gasteiger partial charge in [-0.15, -0.1) is 6.42 Å². The summed E-state index contributed by atoms with van der Waals surface area (Å²) in [6, 6.07) is 2.75. The molecule has 29 heavy (non-hydrogen) atoms. The van der Waals surface area contributed by atoms with E-state index in [9.17, 15) is 14.3 Å². The van der Waals surface area contributed by atoms with Gasteiger partial charge in [0.05, 0.1) is 49.3 Å². The van der Waals surface area contributed by atoms with Gasteiger partial charge in [-0.3, -0.25) is 15.0 Å². The first-order chi connectivity index (χ1) is 14.0. The van der Waals surface area contributed by atoms with Crippen LogP contribution < -0.4 is 9.62 Å². The van der Waals surface area contributed by atoms with Crippen molar-refractivity contribution in [3.8, 4) is 12.3 Å². The first-order valence-electron chi connectivity index (χ1n) is 9.09. The summed E-state index contributed by atoms with van der Waals surface area (Å²) in [5, 5.41) is 12.4. The van der Waals surface area contributed by atoms with Crippen molar-refractivity contribution in [1.82, 2.24) is 9.62 Å². The number of halogens is 2. The zero-order valence-corrected chi connectivity index (χ0v) is 19.7. The summed E-state index contributed by atoms with van der Waals surface area (Å²) >= 11 is 6.89. The largest absolute Gasteiger partial charge is 0.379 e. The van der Waals surface area contributed by atoms with Crippen molar-refractivity contribution in [3.63, 3.8) is 0 Å². The standard InChI is InChI=1S/C18H22Br2N4O4S/c1-2-14-11-15(24(25)26)12-16-18(14)23(5-3-19)17(13-20)29(16,27)21-4-6-22-7-9-28-10-8-22/h1,11-12H,3-10,13H2,(H,21,27). The van der Waals surface area contributed by atoms with Gasteiger partial charge in [-0.2, -0.15) is 0 Å². The summed E-state index contributed by atoms with van der Waals surface area (Å²) < 4.78 is 22.7. The average Bonchev–Trinajstić information content (AvgIpc) is 2.96.